The van der Waals surface area contributed by atoms with Gasteiger partial charge in [0.1, 0.15) is 10.7 Å². The Hall–Kier alpha value is -1.47. The Labute approximate surface area is 122 Å². The van der Waals surface area contributed by atoms with E-state index >= 15 is 0 Å². The number of carboxylic acids is 1. The second-order valence-electron chi connectivity index (χ2n) is 5.77. The first kappa shape index (κ1) is 15.9. The van der Waals surface area contributed by atoms with Crippen molar-refractivity contribution >= 4 is 15.8 Å². The van der Waals surface area contributed by atoms with Crippen LogP contribution >= 0.6 is 0 Å². The minimum atomic E-state index is -3.94. The van der Waals surface area contributed by atoms with E-state index in [2.05, 4.69) is 0 Å². The molecule has 0 radical (unpaired) electrons. The summed E-state index contributed by atoms with van der Waals surface area (Å²) in [6.07, 6.45) is 0.801. The summed E-state index contributed by atoms with van der Waals surface area (Å²) in [5.41, 5.74) is -0.649. The van der Waals surface area contributed by atoms with Crippen LogP contribution in [0.15, 0.2) is 23.1 Å². The number of carboxylic acid groups (broad SMARTS) is 1. The lowest BCUT2D eigenvalue weighted by molar-refractivity contribution is -0.00528. The monoisotopic (exact) mass is 316 g/mol. The third-order valence-electron chi connectivity index (χ3n) is 3.47. The lowest BCUT2D eigenvalue weighted by atomic mass is 10.1. The molecule has 0 amide bonds. The van der Waals surface area contributed by atoms with Crippen molar-refractivity contribution in [1.29, 1.82) is 0 Å². The van der Waals surface area contributed by atoms with Gasteiger partial charge in [0, 0.05) is 0 Å². The van der Waals surface area contributed by atoms with Gasteiger partial charge in [-0.25, -0.2) is 17.6 Å². The molecule has 1 aliphatic rings. The van der Waals surface area contributed by atoms with Crippen LogP contribution in [0.25, 0.3) is 0 Å². The Morgan fingerprint density at radius 1 is 1.48 bits per heavy atom. The van der Waals surface area contributed by atoms with Crippen LogP contribution in [0, 0.1) is 5.82 Å². The first-order valence-electron chi connectivity index (χ1n) is 6.54. The Morgan fingerprint density at radius 3 is 2.67 bits per heavy atom. The molecule has 1 fully saturated rings. The number of ether oxygens (including phenoxy) is 1. The summed E-state index contributed by atoms with van der Waals surface area (Å²) < 4.78 is 43.9. The minimum absolute atomic E-state index is 0.261. The topological polar surface area (TPSA) is 80.7 Å². The van der Waals surface area contributed by atoms with Gasteiger partial charge in [-0.05, 0) is 44.9 Å². The largest absolute Gasteiger partial charge is 0.478 e. The fourth-order valence-electron chi connectivity index (χ4n) is 2.40. The lowest BCUT2D eigenvalue weighted by Gasteiger charge is -2.19. The molecular weight excluding hydrogens is 299 g/mol. The van der Waals surface area contributed by atoms with Crippen molar-refractivity contribution < 1.29 is 27.4 Å². The third kappa shape index (κ3) is 3.59. The van der Waals surface area contributed by atoms with Crippen molar-refractivity contribution in [1.82, 2.24) is 0 Å². The zero-order valence-corrected chi connectivity index (χ0v) is 12.6. The molecule has 0 spiro atoms. The van der Waals surface area contributed by atoms with Crippen LogP contribution in [0.1, 0.15) is 37.0 Å². The number of hydrogen-bond donors (Lipinski definition) is 1. The van der Waals surface area contributed by atoms with Crippen molar-refractivity contribution in [3.05, 3.63) is 29.6 Å². The number of hydrogen-bond acceptors (Lipinski definition) is 4. The van der Waals surface area contributed by atoms with Gasteiger partial charge in [-0.3, -0.25) is 0 Å². The average Bonchev–Trinajstić information content (AvgIpc) is 2.67. The van der Waals surface area contributed by atoms with Crippen molar-refractivity contribution in [2.75, 3.05) is 5.75 Å². The number of sulfone groups is 1. The Morgan fingerprint density at radius 2 is 2.14 bits per heavy atom. The highest BCUT2D eigenvalue weighted by Gasteiger charge is 2.35. The van der Waals surface area contributed by atoms with E-state index in [1.165, 1.54) is 0 Å². The summed E-state index contributed by atoms with van der Waals surface area (Å²) in [7, 11) is -3.94. The number of aromatic carboxylic acids is 1. The van der Waals surface area contributed by atoms with Crippen molar-refractivity contribution in [2.45, 2.75) is 43.3 Å². The molecular formula is C14H17FO5S. The highest BCUT2D eigenvalue weighted by Crippen LogP contribution is 2.31. The summed E-state index contributed by atoms with van der Waals surface area (Å²) in [5, 5.41) is 8.88. The van der Waals surface area contributed by atoms with Crippen LogP contribution < -0.4 is 0 Å². The van der Waals surface area contributed by atoms with Crippen molar-refractivity contribution in [3.63, 3.8) is 0 Å². The van der Waals surface area contributed by atoms with Gasteiger partial charge in [0.15, 0.2) is 9.84 Å². The van der Waals surface area contributed by atoms with E-state index in [1.54, 1.807) is 0 Å². The molecule has 1 unspecified atom stereocenters. The Kier molecular flexibility index (Phi) is 4.08. The molecule has 1 aromatic carbocycles. The van der Waals surface area contributed by atoms with Gasteiger partial charge in [0.25, 0.3) is 0 Å². The zero-order chi connectivity index (χ0) is 15.8. The van der Waals surface area contributed by atoms with Crippen LogP contribution in [0.4, 0.5) is 4.39 Å². The zero-order valence-electron chi connectivity index (χ0n) is 11.8. The van der Waals surface area contributed by atoms with Gasteiger partial charge in [-0.1, -0.05) is 0 Å². The summed E-state index contributed by atoms with van der Waals surface area (Å²) in [5.74, 6) is -2.60. The molecule has 1 atom stereocenters. The van der Waals surface area contributed by atoms with E-state index in [4.69, 9.17) is 9.84 Å². The van der Waals surface area contributed by atoms with Crippen LogP contribution in [-0.4, -0.2) is 37.0 Å². The molecule has 1 aliphatic heterocycles. The van der Waals surface area contributed by atoms with Crippen LogP contribution in [-0.2, 0) is 14.6 Å². The lowest BCUT2D eigenvalue weighted by Crippen LogP contribution is -2.26. The fraction of sp³-hybridized carbons (Fsp3) is 0.500. The van der Waals surface area contributed by atoms with E-state index in [9.17, 15) is 17.6 Å². The van der Waals surface area contributed by atoms with Crippen LogP contribution in [0.3, 0.4) is 0 Å². The maximum atomic E-state index is 13.7. The molecule has 1 saturated heterocycles. The molecule has 1 N–H and O–H groups in total. The highest BCUT2D eigenvalue weighted by atomic mass is 32.2. The number of carbonyl (C=O) groups is 1. The predicted octanol–water partition coefficient (Wildman–Crippen LogP) is 2.26. The maximum Gasteiger partial charge on any atom is 0.335 e. The van der Waals surface area contributed by atoms with E-state index in [-0.39, 0.29) is 16.9 Å². The quantitative estimate of drug-likeness (QED) is 0.921. The SMILES string of the molecule is CC1(C)CCC(CS(=O)(=O)c2cc(C(=O)O)ccc2F)O1. The van der Waals surface area contributed by atoms with Crippen LogP contribution in [0.2, 0.25) is 0 Å². The highest BCUT2D eigenvalue weighted by molar-refractivity contribution is 7.91. The van der Waals surface area contributed by atoms with Gasteiger partial charge in [0.2, 0.25) is 0 Å². The summed E-state index contributed by atoms with van der Waals surface area (Å²) in [4.78, 5) is 10.3. The van der Waals surface area contributed by atoms with Gasteiger partial charge < -0.3 is 9.84 Å². The first-order chi connectivity index (χ1) is 9.61. The Balaban J connectivity index is 2.28. The standard InChI is InChI=1S/C14H17FO5S/c1-14(2)6-5-10(20-14)8-21(18,19)12-7-9(13(16)17)3-4-11(12)15/h3-4,7,10H,5-6,8H2,1-2H3,(H,16,17). The molecule has 0 aliphatic carbocycles. The maximum absolute atomic E-state index is 13.7. The summed E-state index contributed by atoms with van der Waals surface area (Å²) in [6, 6.07) is 2.74. The second-order valence-corrected chi connectivity index (χ2v) is 7.77. The normalized spacial score (nSPS) is 21.4. The van der Waals surface area contributed by atoms with E-state index in [0.29, 0.717) is 6.42 Å². The van der Waals surface area contributed by atoms with E-state index in [0.717, 1.165) is 24.6 Å². The molecule has 1 aromatic rings. The van der Waals surface area contributed by atoms with Gasteiger partial charge in [0.05, 0.1) is 23.0 Å². The van der Waals surface area contributed by atoms with E-state index < -0.39 is 32.6 Å². The van der Waals surface area contributed by atoms with Crippen molar-refractivity contribution in [2.24, 2.45) is 0 Å². The second kappa shape index (κ2) is 5.38. The molecule has 5 nitrogen and oxygen atoms in total. The van der Waals surface area contributed by atoms with E-state index in [1.807, 2.05) is 13.8 Å². The van der Waals surface area contributed by atoms with Crippen molar-refractivity contribution in [3.8, 4) is 0 Å². The third-order valence-corrected chi connectivity index (χ3v) is 5.27. The number of benzene rings is 1. The fourth-order valence-corrected chi connectivity index (χ4v) is 3.98. The molecule has 0 bridgehead atoms. The Bertz CT molecular complexity index is 666. The number of rotatable bonds is 4. The van der Waals surface area contributed by atoms with Crippen LogP contribution in [0.5, 0.6) is 0 Å². The van der Waals surface area contributed by atoms with Gasteiger partial charge in [-0.15, -0.1) is 0 Å². The molecule has 0 saturated carbocycles. The smallest absolute Gasteiger partial charge is 0.335 e. The molecule has 2 rings (SSSR count). The molecule has 21 heavy (non-hydrogen) atoms. The summed E-state index contributed by atoms with van der Waals surface area (Å²) in [6.45, 7) is 3.73. The molecule has 0 aromatic heterocycles. The minimum Gasteiger partial charge on any atom is -0.478 e. The number of halogens is 1. The van der Waals surface area contributed by atoms with Gasteiger partial charge >= 0.3 is 5.97 Å². The summed E-state index contributed by atoms with van der Waals surface area (Å²) >= 11 is 0. The molecule has 116 valence electrons. The predicted molar refractivity (Wildman–Crippen MR) is 73.6 cm³/mol. The first-order valence-corrected chi connectivity index (χ1v) is 8.19. The molecule has 7 heteroatoms. The molecule has 1 heterocycles. The van der Waals surface area contributed by atoms with Gasteiger partial charge in [-0.2, -0.15) is 0 Å². The average molecular weight is 316 g/mol.